The predicted molar refractivity (Wildman–Crippen MR) is 109 cm³/mol. The van der Waals surface area contributed by atoms with Crippen molar-refractivity contribution in [3.8, 4) is 5.75 Å². The molecule has 0 aromatic carbocycles. The zero-order chi connectivity index (χ0) is 21.8. The lowest BCUT2D eigenvalue weighted by atomic mass is 10.0. The highest BCUT2D eigenvalue weighted by Crippen LogP contribution is 2.23. The number of aromatic amines is 1. The molecule has 7 heteroatoms. The number of amides is 1. The van der Waals surface area contributed by atoms with Gasteiger partial charge >= 0.3 is 5.97 Å². The van der Waals surface area contributed by atoms with Crippen LogP contribution in [-0.2, 0) is 9.53 Å². The molecule has 0 saturated heterocycles. The first-order valence-electron chi connectivity index (χ1n) is 9.71. The summed E-state index contributed by atoms with van der Waals surface area (Å²) in [4.78, 5) is 41.7. The average molecular weight is 395 g/mol. The van der Waals surface area contributed by atoms with Gasteiger partial charge in [-0.1, -0.05) is 27.7 Å². The van der Waals surface area contributed by atoms with Crippen molar-refractivity contribution in [1.82, 2.24) is 9.88 Å². The normalized spacial score (nSPS) is 12.9. The number of H-pyrrole nitrogens is 1. The number of esters is 1. The van der Waals surface area contributed by atoms with E-state index in [-0.39, 0.29) is 23.1 Å². The van der Waals surface area contributed by atoms with Crippen molar-refractivity contribution in [3.63, 3.8) is 0 Å². The second kappa shape index (κ2) is 9.26. The molecule has 0 aliphatic heterocycles. The minimum Gasteiger partial charge on any atom is -0.502 e. The number of aromatic nitrogens is 1. The summed E-state index contributed by atoms with van der Waals surface area (Å²) in [5, 5.41) is 10.2. The van der Waals surface area contributed by atoms with E-state index in [0.717, 1.165) is 0 Å². The molecular weight excluding hydrogens is 360 g/mol. The predicted octanol–water partition coefficient (Wildman–Crippen LogP) is 3.28. The van der Waals surface area contributed by atoms with Crippen LogP contribution < -0.4 is 5.56 Å². The molecule has 0 aliphatic rings. The van der Waals surface area contributed by atoms with Crippen molar-refractivity contribution in [2.45, 2.75) is 66.9 Å². The number of hydrogen-bond donors (Lipinski definition) is 2. The molecule has 2 N–H and O–H groups in total. The maximum atomic E-state index is 13.1. The molecule has 1 heterocycles. The summed E-state index contributed by atoms with van der Waals surface area (Å²) in [5.41, 5.74) is -1.35. The van der Waals surface area contributed by atoms with Crippen LogP contribution in [0.25, 0.3) is 0 Å². The topological polar surface area (TPSA) is 99.7 Å². The summed E-state index contributed by atoms with van der Waals surface area (Å²) in [5.74, 6) is -1.92. The molecule has 0 radical (unpaired) electrons. The number of nitrogens with zero attached hydrogens (tertiary/aromatic N) is 1. The van der Waals surface area contributed by atoms with Gasteiger partial charge in [-0.2, -0.15) is 0 Å². The molecular formula is C21H34N2O5. The molecule has 1 aromatic heterocycles. The minimum absolute atomic E-state index is 0.101. The van der Waals surface area contributed by atoms with Crippen LogP contribution >= 0.6 is 0 Å². The number of hydrogen-bond acceptors (Lipinski definition) is 5. The van der Waals surface area contributed by atoms with Gasteiger partial charge in [0.15, 0.2) is 5.75 Å². The molecule has 1 amide bonds. The van der Waals surface area contributed by atoms with Crippen LogP contribution in [0, 0.1) is 11.8 Å². The van der Waals surface area contributed by atoms with Gasteiger partial charge in [0.05, 0.1) is 11.5 Å². The average Bonchev–Trinajstić information content (AvgIpc) is 2.52. The summed E-state index contributed by atoms with van der Waals surface area (Å²) < 4.78 is 5.36. The standard InChI is InChI=1S/C21H34N2O5/c1-12(2)10-23(11-13(3)4)19(26)15-9-16(22-18(25)17(15)24)14(5)20(27)28-21(6,7)8/h9,12-14,24H,10-11H2,1-8H3,(H,22,25). The first-order chi connectivity index (χ1) is 12.7. The Kier molecular flexibility index (Phi) is 7.84. The van der Waals surface area contributed by atoms with Crippen LogP contribution in [0.1, 0.15) is 77.4 Å². The Morgan fingerprint density at radius 1 is 1.11 bits per heavy atom. The van der Waals surface area contributed by atoms with Crippen molar-refractivity contribution in [1.29, 1.82) is 0 Å². The monoisotopic (exact) mass is 394 g/mol. The Morgan fingerprint density at radius 3 is 2.04 bits per heavy atom. The van der Waals surface area contributed by atoms with E-state index in [9.17, 15) is 19.5 Å². The number of rotatable bonds is 7. The van der Waals surface area contributed by atoms with Crippen LogP contribution in [0.5, 0.6) is 5.75 Å². The lowest BCUT2D eigenvalue weighted by Gasteiger charge is -2.27. The molecule has 1 rings (SSSR count). The summed E-state index contributed by atoms with van der Waals surface area (Å²) >= 11 is 0. The third kappa shape index (κ3) is 6.69. The maximum absolute atomic E-state index is 13.1. The van der Waals surface area contributed by atoms with E-state index in [4.69, 9.17) is 4.74 Å². The van der Waals surface area contributed by atoms with E-state index < -0.39 is 34.7 Å². The van der Waals surface area contributed by atoms with Crippen LogP contribution in [0.4, 0.5) is 0 Å². The first kappa shape index (κ1) is 23.7. The fourth-order valence-electron chi connectivity index (χ4n) is 2.78. The molecule has 158 valence electrons. The second-order valence-corrected chi connectivity index (χ2v) is 9.07. The molecule has 1 atom stereocenters. The fourth-order valence-corrected chi connectivity index (χ4v) is 2.78. The molecule has 0 spiro atoms. The number of aromatic hydroxyl groups is 1. The summed E-state index contributed by atoms with van der Waals surface area (Å²) in [7, 11) is 0. The van der Waals surface area contributed by atoms with Crippen LogP contribution in [-0.4, -0.2) is 45.6 Å². The second-order valence-electron chi connectivity index (χ2n) is 9.07. The maximum Gasteiger partial charge on any atom is 0.315 e. The highest BCUT2D eigenvalue weighted by atomic mass is 16.6. The smallest absolute Gasteiger partial charge is 0.315 e. The van der Waals surface area contributed by atoms with Crippen molar-refractivity contribution in [2.24, 2.45) is 11.8 Å². The summed E-state index contributed by atoms with van der Waals surface area (Å²) in [6, 6.07) is 1.38. The molecule has 0 fully saturated rings. The SMILES string of the molecule is CC(C)CN(CC(C)C)C(=O)c1cc(C(C)C(=O)OC(C)(C)C)[nH]c(=O)c1O. The molecule has 1 unspecified atom stereocenters. The van der Waals surface area contributed by atoms with Gasteiger partial charge in [-0.05, 0) is 45.6 Å². The minimum atomic E-state index is -0.801. The van der Waals surface area contributed by atoms with Crippen molar-refractivity contribution >= 4 is 11.9 Å². The number of nitrogens with one attached hydrogen (secondary N) is 1. The van der Waals surface area contributed by atoms with Gasteiger partial charge in [0.1, 0.15) is 5.60 Å². The molecule has 0 saturated carbocycles. The highest BCUT2D eigenvalue weighted by molar-refractivity contribution is 5.97. The van der Waals surface area contributed by atoms with E-state index in [1.807, 2.05) is 27.7 Å². The summed E-state index contributed by atoms with van der Waals surface area (Å²) in [6.45, 7) is 15.8. The third-order valence-corrected chi connectivity index (χ3v) is 3.94. The van der Waals surface area contributed by atoms with E-state index in [1.165, 1.54) is 6.07 Å². The number of pyridine rings is 1. The number of carbonyl (C=O) groups is 2. The van der Waals surface area contributed by atoms with Gasteiger partial charge in [0, 0.05) is 18.8 Å². The molecule has 0 bridgehead atoms. The van der Waals surface area contributed by atoms with Gasteiger partial charge in [0.25, 0.3) is 11.5 Å². The van der Waals surface area contributed by atoms with Crippen LogP contribution in [0.2, 0.25) is 0 Å². The highest BCUT2D eigenvalue weighted by Gasteiger charge is 2.28. The Hall–Kier alpha value is -2.31. The number of ether oxygens (including phenoxy) is 1. The molecule has 28 heavy (non-hydrogen) atoms. The first-order valence-corrected chi connectivity index (χ1v) is 9.71. The zero-order valence-electron chi connectivity index (χ0n) is 18.3. The molecule has 0 aliphatic carbocycles. The van der Waals surface area contributed by atoms with E-state index in [0.29, 0.717) is 13.1 Å². The van der Waals surface area contributed by atoms with Crippen molar-refractivity contribution < 1.29 is 19.4 Å². The van der Waals surface area contributed by atoms with Crippen LogP contribution in [0.15, 0.2) is 10.9 Å². The van der Waals surface area contributed by atoms with Crippen molar-refractivity contribution in [3.05, 3.63) is 27.7 Å². The zero-order valence-corrected chi connectivity index (χ0v) is 18.3. The van der Waals surface area contributed by atoms with Crippen LogP contribution in [0.3, 0.4) is 0 Å². The van der Waals surface area contributed by atoms with E-state index >= 15 is 0 Å². The molecule has 1 aromatic rings. The lowest BCUT2D eigenvalue weighted by molar-refractivity contribution is -0.156. The third-order valence-electron chi connectivity index (χ3n) is 3.94. The summed E-state index contributed by atoms with van der Waals surface area (Å²) in [6.07, 6.45) is 0. The molecule has 7 nitrogen and oxygen atoms in total. The van der Waals surface area contributed by atoms with Gasteiger partial charge in [-0.15, -0.1) is 0 Å². The number of carbonyl (C=O) groups excluding carboxylic acids is 2. The Balaban J connectivity index is 3.30. The Labute approximate surface area is 167 Å². The van der Waals surface area contributed by atoms with Crippen molar-refractivity contribution in [2.75, 3.05) is 13.1 Å². The van der Waals surface area contributed by atoms with E-state index in [1.54, 1.807) is 32.6 Å². The largest absolute Gasteiger partial charge is 0.502 e. The van der Waals surface area contributed by atoms with Gasteiger partial charge < -0.3 is 19.7 Å². The van der Waals surface area contributed by atoms with Gasteiger partial charge in [-0.25, -0.2) is 0 Å². The Bertz CT molecular complexity index is 749. The fraction of sp³-hybridized carbons (Fsp3) is 0.667. The quantitative estimate of drug-likeness (QED) is 0.691. The van der Waals surface area contributed by atoms with Gasteiger partial charge in [0.2, 0.25) is 0 Å². The van der Waals surface area contributed by atoms with Gasteiger partial charge in [-0.3, -0.25) is 14.4 Å². The van der Waals surface area contributed by atoms with E-state index in [2.05, 4.69) is 4.98 Å². The lowest BCUT2D eigenvalue weighted by Crippen LogP contribution is -2.37. The Morgan fingerprint density at radius 2 is 1.61 bits per heavy atom.